The Balaban J connectivity index is 1.58. The van der Waals surface area contributed by atoms with Crippen molar-refractivity contribution in [2.24, 2.45) is 5.10 Å². The summed E-state index contributed by atoms with van der Waals surface area (Å²) >= 11 is 3.39. The number of para-hydroxylation sites is 3. The van der Waals surface area contributed by atoms with E-state index < -0.39 is 11.8 Å². The standard InChI is InChI=1S/C26H25BrN4O6/c1-3-36-21-12-8-7-11-20(21)30-25(33)26(34)31-28-15-17-13-19(27)24(22(14-17)35-2)37-16-23(32)29-18-9-5-4-6-10-18/h4-15H,3,16H2,1-2H3,(H,29,32)(H,30,33)(H,31,34)/b28-15-. The molecule has 0 heterocycles. The zero-order valence-electron chi connectivity index (χ0n) is 20.1. The molecular formula is C26H25BrN4O6. The summed E-state index contributed by atoms with van der Waals surface area (Å²) in [6.45, 7) is 1.98. The van der Waals surface area contributed by atoms with Crippen LogP contribution in [-0.4, -0.2) is 44.3 Å². The second-order valence-electron chi connectivity index (χ2n) is 7.32. The number of amides is 3. The van der Waals surface area contributed by atoms with E-state index in [0.29, 0.717) is 45.3 Å². The largest absolute Gasteiger partial charge is 0.493 e. The zero-order valence-corrected chi connectivity index (χ0v) is 21.7. The molecular weight excluding hydrogens is 544 g/mol. The fourth-order valence-corrected chi connectivity index (χ4v) is 3.63. The van der Waals surface area contributed by atoms with Gasteiger partial charge in [0.15, 0.2) is 18.1 Å². The van der Waals surface area contributed by atoms with E-state index in [4.69, 9.17) is 14.2 Å². The van der Waals surface area contributed by atoms with Crippen LogP contribution < -0.4 is 30.3 Å². The number of anilines is 2. The lowest BCUT2D eigenvalue weighted by molar-refractivity contribution is -0.136. The molecule has 192 valence electrons. The summed E-state index contributed by atoms with van der Waals surface area (Å²) in [6.07, 6.45) is 1.33. The fourth-order valence-electron chi connectivity index (χ4n) is 3.06. The monoisotopic (exact) mass is 568 g/mol. The van der Waals surface area contributed by atoms with Crippen molar-refractivity contribution in [3.05, 3.63) is 76.8 Å². The molecule has 0 aliphatic rings. The minimum atomic E-state index is -0.960. The van der Waals surface area contributed by atoms with E-state index in [1.54, 1.807) is 48.5 Å². The number of rotatable bonds is 10. The molecule has 0 aromatic heterocycles. The summed E-state index contributed by atoms with van der Waals surface area (Å²) in [7, 11) is 1.45. The van der Waals surface area contributed by atoms with Gasteiger partial charge in [-0.2, -0.15) is 5.10 Å². The average molecular weight is 569 g/mol. The molecule has 3 aromatic rings. The number of benzene rings is 3. The number of hydrogen-bond acceptors (Lipinski definition) is 7. The third-order valence-electron chi connectivity index (χ3n) is 4.68. The van der Waals surface area contributed by atoms with Crippen LogP contribution in [0.25, 0.3) is 0 Å². The second-order valence-corrected chi connectivity index (χ2v) is 8.17. The number of nitrogens with zero attached hydrogens (tertiary/aromatic N) is 1. The van der Waals surface area contributed by atoms with Crippen LogP contribution in [0, 0.1) is 0 Å². The quantitative estimate of drug-likeness (QED) is 0.193. The van der Waals surface area contributed by atoms with Gasteiger partial charge < -0.3 is 24.8 Å². The Labute approximate surface area is 222 Å². The maximum Gasteiger partial charge on any atom is 0.329 e. The number of carbonyl (C=O) groups excluding carboxylic acids is 3. The van der Waals surface area contributed by atoms with Gasteiger partial charge >= 0.3 is 11.8 Å². The second kappa shape index (κ2) is 13.6. The summed E-state index contributed by atoms with van der Waals surface area (Å²) in [6, 6.07) is 19.0. The SMILES string of the molecule is CCOc1ccccc1NC(=O)C(=O)N/N=C\c1cc(Br)c(OCC(=O)Nc2ccccc2)c(OC)c1. The summed E-state index contributed by atoms with van der Waals surface area (Å²) in [5, 5.41) is 9.05. The van der Waals surface area contributed by atoms with E-state index in [9.17, 15) is 14.4 Å². The highest BCUT2D eigenvalue weighted by Crippen LogP contribution is 2.36. The normalized spacial score (nSPS) is 10.5. The van der Waals surface area contributed by atoms with Crippen molar-refractivity contribution in [2.75, 3.05) is 31.0 Å². The maximum absolute atomic E-state index is 12.2. The Morgan fingerprint density at radius 3 is 2.38 bits per heavy atom. The summed E-state index contributed by atoms with van der Waals surface area (Å²) in [4.78, 5) is 36.6. The van der Waals surface area contributed by atoms with E-state index in [1.165, 1.54) is 13.3 Å². The Kier molecular flexibility index (Phi) is 10.0. The van der Waals surface area contributed by atoms with Crippen molar-refractivity contribution in [1.82, 2.24) is 5.43 Å². The number of halogens is 1. The molecule has 0 spiro atoms. The van der Waals surface area contributed by atoms with Crippen LogP contribution in [-0.2, 0) is 14.4 Å². The lowest BCUT2D eigenvalue weighted by atomic mass is 10.2. The molecule has 0 saturated heterocycles. The first-order valence-electron chi connectivity index (χ1n) is 11.1. The minimum absolute atomic E-state index is 0.241. The highest BCUT2D eigenvalue weighted by molar-refractivity contribution is 9.10. The first kappa shape index (κ1) is 27.2. The first-order valence-corrected chi connectivity index (χ1v) is 11.9. The predicted molar refractivity (Wildman–Crippen MR) is 143 cm³/mol. The molecule has 0 aliphatic carbocycles. The number of carbonyl (C=O) groups is 3. The van der Waals surface area contributed by atoms with Gasteiger partial charge in [0.2, 0.25) is 0 Å². The lowest BCUT2D eigenvalue weighted by Crippen LogP contribution is -2.32. The third kappa shape index (κ3) is 8.07. The van der Waals surface area contributed by atoms with Gasteiger partial charge in [0.1, 0.15) is 5.75 Å². The van der Waals surface area contributed by atoms with Gasteiger partial charge in [0.25, 0.3) is 5.91 Å². The van der Waals surface area contributed by atoms with Crippen LogP contribution >= 0.6 is 15.9 Å². The Morgan fingerprint density at radius 2 is 1.65 bits per heavy atom. The highest BCUT2D eigenvalue weighted by atomic mass is 79.9. The van der Waals surface area contributed by atoms with Crippen molar-refractivity contribution >= 4 is 51.2 Å². The van der Waals surface area contributed by atoms with Crippen LogP contribution in [0.1, 0.15) is 12.5 Å². The van der Waals surface area contributed by atoms with Crippen LogP contribution in [0.15, 0.2) is 76.3 Å². The molecule has 10 nitrogen and oxygen atoms in total. The smallest absolute Gasteiger partial charge is 0.329 e. The average Bonchev–Trinajstić information content (AvgIpc) is 2.89. The Bertz CT molecular complexity index is 1280. The Hall–Kier alpha value is -4.38. The van der Waals surface area contributed by atoms with Gasteiger partial charge in [-0.3, -0.25) is 14.4 Å². The molecule has 0 unspecified atom stereocenters. The van der Waals surface area contributed by atoms with Crippen LogP contribution in [0.3, 0.4) is 0 Å². The van der Waals surface area contributed by atoms with Gasteiger partial charge in [-0.1, -0.05) is 30.3 Å². The fraction of sp³-hybridized carbons (Fsp3) is 0.154. The molecule has 0 fully saturated rings. The molecule has 3 aromatic carbocycles. The van der Waals surface area contributed by atoms with Gasteiger partial charge in [-0.15, -0.1) is 0 Å². The van der Waals surface area contributed by atoms with Gasteiger partial charge in [0, 0.05) is 5.69 Å². The summed E-state index contributed by atoms with van der Waals surface area (Å²) < 4.78 is 16.9. The molecule has 0 aliphatic heterocycles. The molecule has 3 amide bonds. The molecule has 0 bridgehead atoms. The van der Waals surface area contributed by atoms with Crippen molar-refractivity contribution in [1.29, 1.82) is 0 Å². The number of hydrazone groups is 1. The van der Waals surface area contributed by atoms with Gasteiger partial charge in [0.05, 0.1) is 30.1 Å². The van der Waals surface area contributed by atoms with Gasteiger partial charge in [-0.25, -0.2) is 5.43 Å². The zero-order chi connectivity index (χ0) is 26.6. The molecule has 0 atom stereocenters. The van der Waals surface area contributed by atoms with E-state index >= 15 is 0 Å². The molecule has 0 saturated carbocycles. The molecule has 3 rings (SSSR count). The van der Waals surface area contributed by atoms with Crippen LogP contribution in [0.4, 0.5) is 11.4 Å². The summed E-state index contributed by atoms with van der Waals surface area (Å²) in [5.41, 5.74) is 3.74. The maximum atomic E-state index is 12.2. The number of methoxy groups -OCH3 is 1. The van der Waals surface area contributed by atoms with Crippen molar-refractivity contribution < 1.29 is 28.6 Å². The van der Waals surface area contributed by atoms with Gasteiger partial charge in [-0.05, 0) is 64.8 Å². The Morgan fingerprint density at radius 1 is 0.919 bits per heavy atom. The molecule has 37 heavy (non-hydrogen) atoms. The first-order chi connectivity index (χ1) is 17.9. The number of ether oxygens (including phenoxy) is 3. The topological polar surface area (TPSA) is 127 Å². The predicted octanol–water partition coefficient (Wildman–Crippen LogP) is 3.96. The lowest BCUT2D eigenvalue weighted by Gasteiger charge is -2.13. The molecule has 3 N–H and O–H groups in total. The van der Waals surface area contributed by atoms with E-state index in [-0.39, 0.29) is 12.5 Å². The number of nitrogens with one attached hydrogen (secondary N) is 3. The highest BCUT2D eigenvalue weighted by Gasteiger charge is 2.16. The van der Waals surface area contributed by atoms with Crippen molar-refractivity contribution in [2.45, 2.75) is 6.92 Å². The van der Waals surface area contributed by atoms with Crippen molar-refractivity contribution in [3.63, 3.8) is 0 Å². The van der Waals surface area contributed by atoms with E-state index in [0.717, 1.165) is 0 Å². The minimum Gasteiger partial charge on any atom is -0.493 e. The van der Waals surface area contributed by atoms with Crippen LogP contribution in [0.5, 0.6) is 17.2 Å². The third-order valence-corrected chi connectivity index (χ3v) is 5.27. The summed E-state index contributed by atoms with van der Waals surface area (Å²) in [5.74, 6) is -1.10. The van der Waals surface area contributed by atoms with E-state index in [1.807, 2.05) is 25.1 Å². The van der Waals surface area contributed by atoms with Crippen LogP contribution in [0.2, 0.25) is 0 Å². The molecule has 0 radical (unpaired) electrons. The molecule has 11 heteroatoms. The number of hydrogen-bond donors (Lipinski definition) is 3. The van der Waals surface area contributed by atoms with E-state index in [2.05, 4.69) is 37.1 Å². The van der Waals surface area contributed by atoms with Crippen molar-refractivity contribution in [3.8, 4) is 17.2 Å².